The zero-order chi connectivity index (χ0) is 23.5. The number of carbonyl (C=O) groups excluding carboxylic acids is 1. The minimum atomic E-state index is -0.267. The van der Waals surface area contributed by atoms with Crippen LogP contribution in [0.3, 0.4) is 0 Å². The molecule has 0 atom stereocenters. The second kappa shape index (κ2) is 9.99. The molecule has 7 heteroatoms. The Morgan fingerprint density at radius 3 is 2.56 bits per heavy atom. The molecule has 1 aliphatic rings. The van der Waals surface area contributed by atoms with Crippen molar-refractivity contribution in [1.29, 1.82) is 0 Å². The van der Waals surface area contributed by atoms with Crippen molar-refractivity contribution in [3.63, 3.8) is 0 Å². The summed E-state index contributed by atoms with van der Waals surface area (Å²) in [5.74, 6) is 0.534. The van der Waals surface area contributed by atoms with Gasteiger partial charge < -0.3 is 9.47 Å². The quantitative estimate of drug-likeness (QED) is 0.288. The predicted octanol–water partition coefficient (Wildman–Crippen LogP) is 6.56. The molecule has 2 heterocycles. The first-order valence-electron chi connectivity index (χ1n) is 11.5. The first-order chi connectivity index (χ1) is 16.7. The van der Waals surface area contributed by atoms with Crippen molar-refractivity contribution in [3.8, 4) is 22.7 Å². The van der Waals surface area contributed by atoms with Crippen LogP contribution in [0.1, 0.15) is 40.6 Å². The van der Waals surface area contributed by atoms with Crippen molar-refractivity contribution < 1.29 is 14.3 Å². The lowest BCUT2D eigenvalue weighted by molar-refractivity contribution is 0.0526. The Morgan fingerprint density at radius 2 is 1.82 bits per heavy atom. The molecule has 1 aliphatic carbocycles. The third kappa shape index (κ3) is 4.33. The second-order valence-electron chi connectivity index (χ2n) is 8.03. The second-order valence-corrected chi connectivity index (χ2v) is 9.95. The fourth-order valence-corrected chi connectivity index (χ4v) is 6.53. The molecule has 0 fully saturated rings. The van der Waals surface area contributed by atoms with Crippen molar-refractivity contribution in [3.05, 3.63) is 80.8 Å². The van der Waals surface area contributed by atoms with Gasteiger partial charge in [-0.3, -0.25) is 4.57 Å². The number of thiazole rings is 1. The first-order valence-corrected chi connectivity index (χ1v) is 13.2. The van der Waals surface area contributed by atoms with Gasteiger partial charge in [0.25, 0.3) is 0 Å². The highest BCUT2D eigenvalue weighted by atomic mass is 32.1. The van der Waals surface area contributed by atoms with Crippen molar-refractivity contribution >= 4 is 33.6 Å². The van der Waals surface area contributed by atoms with E-state index in [1.165, 1.54) is 4.88 Å². The number of aryl methyl sites for hydroxylation is 1. The molecule has 5 rings (SSSR count). The summed E-state index contributed by atoms with van der Waals surface area (Å²) < 4.78 is 12.9. The number of aromatic nitrogens is 1. The lowest BCUT2D eigenvalue weighted by Crippen LogP contribution is -2.14. The van der Waals surface area contributed by atoms with Crippen molar-refractivity contribution in [2.75, 3.05) is 13.7 Å². The summed E-state index contributed by atoms with van der Waals surface area (Å²) in [7, 11) is 1.67. The molecule has 34 heavy (non-hydrogen) atoms. The van der Waals surface area contributed by atoms with E-state index in [-0.39, 0.29) is 5.97 Å². The number of carbonyl (C=O) groups is 1. The van der Waals surface area contributed by atoms with Gasteiger partial charge in [-0.2, -0.15) is 0 Å². The molecule has 0 unspecified atom stereocenters. The highest BCUT2D eigenvalue weighted by molar-refractivity contribution is 7.16. The topological polar surface area (TPSA) is 52.8 Å². The molecule has 2 aromatic carbocycles. The molecule has 4 aromatic rings. The Morgan fingerprint density at radius 1 is 1.06 bits per heavy atom. The zero-order valence-electron chi connectivity index (χ0n) is 19.2. The van der Waals surface area contributed by atoms with Gasteiger partial charge in [-0.05, 0) is 68.0 Å². The Balaban J connectivity index is 1.72. The van der Waals surface area contributed by atoms with Crippen LogP contribution in [0.15, 0.2) is 65.0 Å². The van der Waals surface area contributed by atoms with Crippen molar-refractivity contribution in [2.24, 2.45) is 4.99 Å². The molecule has 0 amide bonds. The fraction of sp³-hybridized carbons (Fsp3) is 0.259. The monoisotopic (exact) mass is 490 g/mol. The number of hydrogen-bond acceptors (Lipinski definition) is 6. The van der Waals surface area contributed by atoms with Crippen LogP contribution >= 0.6 is 22.7 Å². The third-order valence-electron chi connectivity index (χ3n) is 5.94. The summed E-state index contributed by atoms with van der Waals surface area (Å²) in [6.07, 6.45) is 4.16. The van der Waals surface area contributed by atoms with Crippen LogP contribution < -0.4 is 9.54 Å². The summed E-state index contributed by atoms with van der Waals surface area (Å²) in [6.45, 7) is 2.20. The van der Waals surface area contributed by atoms with Gasteiger partial charge in [-0.15, -0.1) is 22.7 Å². The molecule has 0 radical (unpaired) electrons. The number of esters is 1. The number of thiophene rings is 1. The SMILES string of the molecule is CCOC(=O)c1c(/N=c2\scc(-c3ccccc3)n2-c2ccc(OC)cc2)sc2c1CCCC2. The number of benzene rings is 2. The van der Waals surface area contributed by atoms with Gasteiger partial charge in [0.2, 0.25) is 0 Å². The number of hydrogen-bond donors (Lipinski definition) is 0. The molecular weight excluding hydrogens is 464 g/mol. The number of rotatable bonds is 6. The van der Waals surface area contributed by atoms with Crippen LogP contribution in [0.2, 0.25) is 0 Å². The maximum atomic E-state index is 12.9. The molecule has 0 aliphatic heterocycles. The highest BCUT2D eigenvalue weighted by Crippen LogP contribution is 2.40. The summed E-state index contributed by atoms with van der Waals surface area (Å²) in [5.41, 5.74) is 4.92. The van der Waals surface area contributed by atoms with Gasteiger partial charge in [0.05, 0.1) is 25.0 Å². The maximum absolute atomic E-state index is 12.9. The Bertz CT molecular complexity index is 1370. The smallest absolute Gasteiger partial charge is 0.341 e. The fourth-order valence-electron chi connectivity index (χ4n) is 4.31. The summed E-state index contributed by atoms with van der Waals surface area (Å²) in [4.78, 5) is 20.1. The van der Waals surface area contributed by atoms with E-state index in [0.29, 0.717) is 12.2 Å². The summed E-state index contributed by atoms with van der Waals surface area (Å²) in [5, 5.41) is 2.87. The van der Waals surface area contributed by atoms with E-state index in [1.807, 2.05) is 49.4 Å². The number of ether oxygens (including phenoxy) is 2. The molecule has 174 valence electrons. The number of nitrogens with zero attached hydrogens (tertiary/aromatic N) is 2. The standard InChI is InChI=1S/C27H26N2O3S2/c1-3-32-26(30)24-21-11-7-8-12-23(21)34-25(24)28-27-29(19-13-15-20(31-2)16-14-19)22(17-33-27)18-9-5-4-6-10-18/h4-6,9-10,13-17H,3,7-8,11-12H2,1-2H3/b28-27-. The average Bonchev–Trinajstić information content (AvgIpc) is 3.46. The van der Waals surface area contributed by atoms with E-state index in [9.17, 15) is 4.79 Å². The van der Waals surface area contributed by atoms with E-state index in [4.69, 9.17) is 14.5 Å². The van der Waals surface area contributed by atoms with Gasteiger partial charge >= 0.3 is 5.97 Å². The van der Waals surface area contributed by atoms with E-state index >= 15 is 0 Å². The van der Waals surface area contributed by atoms with Gasteiger partial charge in [-0.25, -0.2) is 9.79 Å². The van der Waals surface area contributed by atoms with Crippen LogP contribution in [0, 0.1) is 0 Å². The number of methoxy groups -OCH3 is 1. The molecule has 0 saturated heterocycles. The highest BCUT2D eigenvalue weighted by Gasteiger charge is 2.26. The first kappa shape index (κ1) is 22.6. The molecule has 2 aromatic heterocycles. The minimum absolute atomic E-state index is 0.267. The molecule has 0 spiro atoms. The Kier molecular flexibility index (Phi) is 6.65. The van der Waals surface area contributed by atoms with E-state index in [0.717, 1.165) is 63.7 Å². The maximum Gasteiger partial charge on any atom is 0.341 e. The van der Waals surface area contributed by atoms with Crippen molar-refractivity contribution in [1.82, 2.24) is 4.57 Å². The van der Waals surface area contributed by atoms with Crippen LogP contribution in [0.5, 0.6) is 5.75 Å². The lowest BCUT2D eigenvalue weighted by atomic mass is 9.95. The zero-order valence-corrected chi connectivity index (χ0v) is 20.9. The van der Waals surface area contributed by atoms with Crippen LogP contribution in [-0.2, 0) is 17.6 Å². The van der Waals surface area contributed by atoms with Crippen molar-refractivity contribution in [2.45, 2.75) is 32.6 Å². The minimum Gasteiger partial charge on any atom is -0.497 e. The van der Waals surface area contributed by atoms with Crippen LogP contribution in [0.25, 0.3) is 16.9 Å². The average molecular weight is 491 g/mol. The lowest BCUT2D eigenvalue weighted by Gasteiger charge is -2.12. The molecule has 0 N–H and O–H groups in total. The third-order valence-corrected chi connectivity index (χ3v) is 7.95. The predicted molar refractivity (Wildman–Crippen MR) is 138 cm³/mol. The molecule has 5 nitrogen and oxygen atoms in total. The number of fused-ring (bicyclic) bond motifs is 1. The molecular formula is C27H26N2O3S2. The van der Waals surface area contributed by atoms with Gasteiger partial charge in [0, 0.05) is 15.9 Å². The van der Waals surface area contributed by atoms with Gasteiger partial charge in [0.15, 0.2) is 4.80 Å². The summed E-state index contributed by atoms with van der Waals surface area (Å²) in [6, 6.07) is 18.2. The van der Waals surface area contributed by atoms with Crippen LogP contribution in [0.4, 0.5) is 5.00 Å². The summed E-state index contributed by atoms with van der Waals surface area (Å²) >= 11 is 3.20. The normalized spacial score (nSPS) is 13.5. The largest absolute Gasteiger partial charge is 0.497 e. The molecule has 0 bridgehead atoms. The van der Waals surface area contributed by atoms with Crippen LogP contribution in [-0.4, -0.2) is 24.3 Å². The molecule has 0 saturated carbocycles. The van der Waals surface area contributed by atoms with Gasteiger partial charge in [0.1, 0.15) is 10.8 Å². The van der Waals surface area contributed by atoms with E-state index in [2.05, 4.69) is 22.1 Å². The Labute approximate surface area is 207 Å². The van der Waals surface area contributed by atoms with E-state index < -0.39 is 0 Å². The van der Waals surface area contributed by atoms with E-state index in [1.54, 1.807) is 29.8 Å². The Hall–Kier alpha value is -3.16. The van der Waals surface area contributed by atoms with Gasteiger partial charge in [-0.1, -0.05) is 30.3 Å².